The molecule has 0 aromatic rings. The molecule has 18 heavy (non-hydrogen) atoms. The van der Waals surface area contributed by atoms with Crippen LogP contribution in [-0.2, 0) is 9.59 Å². The van der Waals surface area contributed by atoms with E-state index in [4.69, 9.17) is 5.11 Å². The molecule has 0 bridgehead atoms. The molecule has 0 aliphatic heterocycles. The summed E-state index contributed by atoms with van der Waals surface area (Å²) in [5.74, 6) is -0.0723. The number of carboxylic acids is 1. The first-order chi connectivity index (χ1) is 8.58. The van der Waals surface area contributed by atoms with Gasteiger partial charge in [0.15, 0.2) is 0 Å². The first kappa shape index (κ1) is 15.0. The molecular formula is C14H25NO3. The van der Waals surface area contributed by atoms with E-state index in [1.54, 1.807) is 6.92 Å². The Kier molecular flexibility index (Phi) is 6.76. The molecule has 1 fully saturated rings. The fourth-order valence-electron chi connectivity index (χ4n) is 2.68. The average molecular weight is 255 g/mol. The number of nitrogens with one attached hydrogen (secondary N) is 1. The Bertz CT molecular complexity index is 272. The van der Waals surface area contributed by atoms with Gasteiger partial charge in [-0.15, -0.1) is 0 Å². The Balaban J connectivity index is 2.00. The topological polar surface area (TPSA) is 66.4 Å². The zero-order valence-corrected chi connectivity index (χ0v) is 11.3. The van der Waals surface area contributed by atoms with Gasteiger partial charge in [0, 0.05) is 19.4 Å². The lowest BCUT2D eigenvalue weighted by molar-refractivity contribution is -0.138. The molecular weight excluding hydrogens is 230 g/mol. The lowest BCUT2D eigenvalue weighted by Crippen LogP contribution is -2.26. The van der Waals surface area contributed by atoms with Gasteiger partial charge in [0.2, 0.25) is 5.91 Å². The highest BCUT2D eigenvalue weighted by molar-refractivity contribution is 5.77. The highest BCUT2D eigenvalue weighted by Gasteiger charge is 2.15. The van der Waals surface area contributed by atoms with Gasteiger partial charge in [0.25, 0.3) is 0 Å². The molecule has 104 valence electrons. The Morgan fingerprint density at radius 3 is 2.56 bits per heavy atom. The van der Waals surface area contributed by atoms with Gasteiger partial charge in [-0.3, -0.25) is 9.59 Å². The van der Waals surface area contributed by atoms with E-state index in [1.807, 2.05) is 0 Å². The molecule has 0 aromatic carbocycles. The number of amides is 1. The van der Waals surface area contributed by atoms with Gasteiger partial charge in [-0.1, -0.05) is 32.6 Å². The predicted molar refractivity (Wildman–Crippen MR) is 70.2 cm³/mol. The molecule has 4 heteroatoms. The third-order valence-corrected chi connectivity index (χ3v) is 3.64. The van der Waals surface area contributed by atoms with E-state index >= 15 is 0 Å². The summed E-state index contributed by atoms with van der Waals surface area (Å²) >= 11 is 0. The number of rotatable bonds is 8. The Labute approximate surface area is 109 Å². The molecule has 1 aliphatic carbocycles. The van der Waals surface area contributed by atoms with Gasteiger partial charge < -0.3 is 10.4 Å². The van der Waals surface area contributed by atoms with E-state index in [2.05, 4.69) is 5.32 Å². The summed E-state index contributed by atoms with van der Waals surface area (Å²) in [6.45, 7) is 2.53. The van der Waals surface area contributed by atoms with Gasteiger partial charge in [0.1, 0.15) is 0 Å². The number of carbonyl (C=O) groups excluding carboxylic acids is 1. The van der Waals surface area contributed by atoms with E-state index in [9.17, 15) is 9.59 Å². The number of carboxylic acid groups (broad SMARTS) is 1. The third-order valence-electron chi connectivity index (χ3n) is 3.64. The second-order valence-corrected chi connectivity index (χ2v) is 5.55. The summed E-state index contributed by atoms with van der Waals surface area (Å²) in [6, 6.07) is 0. The van der Waals surface area contributed by atoms with Crippen molar-refractivity contribution in [3.05, 3.63) is 0 Å². The summed E-state index contributed by atoms with van der Waals surface area (Å²) in [5.41, 5.74) is 0. The van der Waals surface area contributed by atoms with Crippen LogP contribution in [0.2, 0.25) is 0 Å². The summed E-state index contributed by atoms with van der Waals surface area (Å²) in [7, 11) is 0. The standard InChI is InChI=1S/C14H25NO3/c1-11(10-14(17)18)9-13(16)15-8-4-7-12-5-2-3-6-12/h11-12H,2-10H2,1H3,(H,15,16)(H,17,18). The molecule has 0 saturated heterocycles. The van der Waals surface area contributed by atoms with Crippen LogP contribution in [0.3, 0.4) is 0 Å². The SMILES string of the molecule is CC(CC(=O)O)CC(=O)NCCCC1CCCC1. The quantitative estimate of drug-likeness (QED) is 0.655. The molecule has 1 saturated carbocycles. The van der Waals surface area contributed by atoms with Crippen LogP contribution in [0.15, 0.2) is 0 Å². The summed E-state index contributed by atoms with van der Waals surface area (Å²) < 4.78 is 0. The van der Waals surface area contributed by atoms with Crippen LogP contribution in [0.1, 0.15) is 58.3 Å². The molecule has 1 amide bonds. The maximum atomic E-state index is 11.5. The minimum Gasteiger partial charge on any atom is -0.481 e. The average Bonchev–Trinajstić information content (AvgIpc) is 2.75. The predicted octanol–water partition coefficient (Wildman–Crippen LogP) is 2.57. The Morgan fingerprint density at radius 2 is 1.94 bits per heavy atom. The van der Waals surface area contributed by atoms with Crippen molar-refractivity contribution in [1.82, 2.24) is 5.32 Å². The normalized spacial score (nSPS) is 17.6. The minimum atomic E-state index is -0.837. The largest absolute Gasteiger partial charge is 0.481 e. The number of aliphatic carboxylic acids is 1. The molecule has 2 N–H and O–H groups in total. The van der Waals surface area contributed by atoms with E-state index in [1.165, 1.54) is 32.1 Å². The maximum Gasteiger partial charge on any atom is 0.303 e. The van der Waals surface area contributed by atoms with Crippen LogP contribution in [-0.4, -0.2) is 23.5 Å². The molecule has 1 rings (SSSR count). The Morgan fingerprint density at radius 1 is 1.28 bits per heavy atom. The highest BCUT2D eigenvalue weighted by atomic mass is 16.4. The van der Waals surface area contributed by atoms with Gasteiger partial charge in [-0.25, -0.2) is 0 Å². The molecule has 1 aliphatic rings. The van der Waals surface area contributed by atoms with Crippen LogP contribution in [0.4, 0.5) is 0 Å². The van der Waals surface area contributed by atoms with E-state index in [0.717, 1.165) is 18.9 Å². The zero-order valence-electron chi connectivity index (χ0n) is 11.3. The van der Waals surface area contributed by atoms with Gasteiger partial charge in [-0.05, 0) is 24.7 Å². The van der Waals surface area contributed by atoms with Gasteiger partial charge >= 0.3 is 5.97 Å². The second kappa shape index (κ2) is 8.11. The molecule has 1 atom stereocenters. The lowest BCUT2D eigenvalue weighted by Gasteiger charge is -2.11. The van der Waals surface area contributed by atoms with Crippen LogP contribution in [0.5, 0.6) is 0 Å². The molecule has 0 radical (unpaired) electrons. The Hall–Kier alpha value is -1.06. The van der Waals surface area contributed by atoms with Crippen LogP contribution < -0.4 is 5.32 Å². The van der Waals surface area contributed by atoms with E-state index in [-0.39, 0.29) is 18.2 Å². The fraction of sp³-hybridized carbons (Fsp3) is 0.857. The fourth-order valence-corrected chi connectivity index (χ4v) is 2.68. The van der Waals surface area contributed by atoms with Crippen molar-refractivity contribution in [1.29, 1.82) is 0 Å². The van der Waals surface area contributed by atoms with Crippen LogP contribution in [0.25, 0.3) is 0 Å². The zero-order chi connectivity index (χ0) is 13.4. The molecule has 4 nitrogen and oxygen atoms in total. The van der Waals surface area contributed by atoms with Crippen molar-refractivity contribution >= 4 is 11.9 Å². The van der Waals surface area contributed by atoms with Crippen molar-refractivity contribution in [3.63, 3.8) is 0 Å². The smallest absolute Gasteiger partial charge is 0.303 e. The third kappa shape index (κ3) is 6.62. The number of hydrogen-bond acceptors (Lipinski definition) is 2. The van der Waals surface area contributed by atoms with Crippen molar-refractivity contribution in [2.75, 3.05) is 6.54 Å². The van der Waals surface area contributed by atoms with Crippen molar-refractivity contribution in [2.24, 2.45) is 11.8 Å². The van der Waals surface area contributed by atoms with Crippen LogP contribution in [0, 0.1) is 11.8 Å². The summed E-state index contributed by atoms with van der Waals surface area (Å²) in [6.07, 6.45) is 8.07. The monoisotopic (exact) mass is 255 g/mol. The summed E-state index contributed by atoms with van der Waals surface area (Å²) in [5, 5.41) is 11.5. The summed E-state index contributed by atoms with van der Waals surface area (Å²) in [4.78, 5) is 22.0. The maximum absolute atomic E-state index is 11.5. The van der Waals surface area contributed by atoms with E-state index in [0.29, 0.717) is 6.42 Å². The van der Waals surface area contributed by atoms with Gasteiger partial charge in [-0.2, -0.15) is 0 Å². The number of hydrogen-bond donors (Lipinski definition) is 2. The first-order valence-corrected chi connectivity index (χ1v) is 7.06. The van der Waals surface area contributed by atoms with Crippen molar-refractivity contribution in [3.8, 4) is 0 Å². The molecule has 0 heterocycles. The highest BCUT2D eigenvalue weighted by Crippen LogP contribution is 2.28. The number of carbonyl (C=O) groups is 2. The van der Waals surface area contributed by atoms with Crippen LogP contribution >= 0.6 is 0 Å². The lowest BCUT2D eigenvalue weighted by atomic mass is 10.0. The molecule has 0 aromatic heterocycles. The van der Waals surface area contributed by atoms with Crippen molar-refractivity contribution < 1.29 is 14.7 Å². The second-order valence-electron chi connectivity index (χ2n) is 5.55. The van der Waals surface area contributed by atoms with Gasteiger partial charge in [0.05, 0.1) is 0 Å². The van der Waals surface area contributed by atoms with Crippen molar-refractivity contribution in [2.45, 2.75) is 58.3 Å². The first-order valence-electron chi connectivity index (χ1n) is 7.06. The molecule has 0 spiro atoms. The van der Waals surface area contributed by atoms with E-state index < -0.39 is 5.97 Å². The molecule has 1 unspecified atom stereocenters. The minimum absolute atomic E-state index is 0.0184.